The maximum Gasteiger partial charge on any atom is 0.221 e. The number of likely N-dealkylation sites (N-methyl/N-ethyl adjacent to an activating group) is 1. The highest BCUT2D eigenvalue weighted by Gasteiger charge is 2.27. The summed E-state index contributed by atoms with van der Waals surface area (Å²) in [6, 6.07) is 4.61. The van der Waals surface area contributed by atoms with Crippen molar-refractivity contribution in [2.45, 2.75) is 55.4 Å². The van der Waals surface area contributed by atoms with Crippen LogP contribution in [0, 0.1) is 6.92 Å². The number of hydrogen-bond donors (Lipinski definition) is 2. The lowest BCUT2D eigenvalue weighted by atomic mass is 10.1. The third-order valence-electron chi connectivity index (χ3n) is 6.16. The maximum absolute atomic E-state index is 13.5. The summed E-state index contributed by atoms with van der Waals surface area (Å²) in [5.74, 6) is -0.151. The van der Waals surface area contributed by atoms with E-state index in [1.54, 1.807) is 0 Å². The predicted molar refractivity (Wildman–Crippen MR) is 130 cm³/mol. The Balaban J connectivity index is 1.68. The number of carbonyl (C=O) groups is 1. The molecule has 31 heavy (non-hydrogen) atoms. The van der Waals surface area contributed by atoms with E-state index in [0.29, 0.717) is 16.6 Å². The zero-order valence-corrected chi connectivity index (χ0v) is 20.2. The lowest BCUT2D eigenvalue weighted by Gasteiger charge is -2.36. The first-order valence-electron chi connectivity index (χ1n) is 11.0. The number of nitrogens with one attached hydrogen (secondary N) is 2. The van der Waals surface area contributed by atoms with E-state index in [0.717, 1.165) is 42.3 Å². The number of thiophene rings is 1. The van der Waals surface area contributed by atoms with Crippen molar-refractivity contribution in [3.8, 4) is 0 Å². The molecule has 1 aliphatic carbocycles. The lowest BCUT2D eigenvalue weighted by molar-refractivity contribution is -0.114. The van der Waals surface area contributed by atoms with Gasteiger partial charge in [-0.1, -0.05) is 12.8 Å². The summed E-state index contributed by atoms with van der Waals surface area (Å²) in [5.41, 5.74) is 4.12. The molecule has 1 aromatic heterocycles. The molecule has 1 unspecified atom stereocenters. The lowest BCUT2D eigenvalue weighted by Crippen LogP contribution is -2.45. The van der Waals surface area contributed by atoms with Gasteiger partial charge in [-0.15, -0.1) is 11.3 Å². The molecule has 2 aliphatic rings. The Hall–Kier alpha value is -1.74. The first kappa shape index (κ1) is 22.5. The van der Waals surface area contributed by atoms with E-state index in [9.17, 15) is 9.35 Å². The average Bonchev–Trinajstić information content (AvgIpc) is 3.40. The number of aryl methyl sites for hydroxylation is 1. The van der Waals surface area contributed by atoms with E-state index in [-0.39, 0.29) is 5.91 Å². The zero-order valence-electron chi connectivity index (χ0n) is 18.6. The van der Waals surface area contributed by atoms with Crippen molar-refractivity contribution in [2.24, 2.45) is 0 Å². The van der Waals surface area contributed by atoms with Gasteiger partial charge in [0, 0.05) is 67.1 Å². The van der Waals surface area contributed by atoms with Crippen LogP contribution in [0.5, 0.6) is 0 Å². The third kappa shape index (κ3) is 5.19. The summed E-state index contributed by atoms with van der Waals surface area (Å²) >= 11 is 0.0982. The van der Waals surface area contributed by atoms with Gasteiger partial charge in [-0.05, 0) is 38.4 Å². The van der Waals surface area contributed by atoms with Crippen molar-refractivity contribution in [3.63, 3.8) is 0 Å². The molecule has 1 atom stereocenters. The molecule has 4 rings (SSSR count). The van der Waals surface area contributed by atoms with Gasteiger partial charge in [0.1, 0.15) is 5.69 Å². The summed E-state index contributed by atoms with van der Waals surface area (Å²) in [6.07, 6.45) is 4.90. The SMILES string of the molecule is CC(=O)Nc1cscc1[S+]([O-])c1cc(C)c(N2CCN(C)CC2)c(NC2CCCC2)c1. The topological polar surface area (TPSA) is 70.7 Å². The third-order valence-corrected chi connectivity index (χ3v) is 8.45. The standard InChI is InChI=1S/C23H32N4O2S2/c1-16-12-19(31(29)22-15-30-14-21(22)24-17(2)28)13-20(25-18-6-4-5-7-18)23(16)27-10-8-26(3)9-11-27/h12-15,18,25H,4-11H2,1-3H3,(H,24,28). The van der Waals surface area contributed by atoms with Gasteiger partial charge in [0.15, 0.2) is 9.79 Å². The fourth-order valence-corrected chi connectivity index (χ4v) is 6.84. The number of hydrogen-bond acceptors (Lipinski definition) is 6. The number of rotatable bonds is 6. The minimum absolute atomic E-state index is 0.151. The molecule has 2 N–H and O–H groups in total. The monoisotopic (exact) mass is 460 g/mol. The molecule has 1 aliphatic heterocycles. The fourth-order valence-electron chi connectivity index (χ4n) is 4.54. The van der Waals surface area contributed by atoms with Gasteiger partial charge in [-0.3, -0.25) is 4.79 Å². The van der Waals surface area contributed by atoms with E-state index in [1.807, 2.05) is 10.8 Å². The number of benzene rings is 1. The van der Waals surface area contributed by atoms with Crippen molar-refractivity contribution in [1.29, 1.82) is 0 Å². The molecule has 2 aromatic rings. The number of anilines is 3. The Morgan fingerprint density at radius 1 is 1.13 bits per heavy atom. The molecule has 168 valence electrons. The summed E-state index contributed by atoms with van der Waals surface area (Å²) in [4.78, 5) is 17.8. The minimum Gasteiger partial charge on any atom is -0.606 e. The second kappa shape index (κ2) is 9.81. The van der Waals surface area contributed by atoms with Gasteiger partial charge in [-0.2, -0.15) is 0 Å². The molecule has 1 saturated carbocycles. The van der Waals surface area contributed by atoms with Crippen LogP contribution in [0.25, 0.3) is 0 Å². The molecule has 1 saturated heterocycles. The molecular weight excluding hydrogens is 428 g/mol. The summed E-state index contributed by atoms with van der Waals surface area (Å²) < 4.78 is 13.5. The van der Waals surface area contributed by atoms with Crippen LogP contribution in [0.4, 0.5) is 17.1 Å². The van der Waals surface area contributed by atoms with Gasteiger partial charge in [-0.25, -0.2) is 0 Å². The fraction of sp³-hybridized carbons (Fsp3) is 0.522. The van der Waals surface area contributed by atoms with Crippen molar-refractivity contribution >= 4 is 45.5 Å². The van der Waals surface area contributed by atoms with Gasteiger partial charge in [0.25, 0.3) is 0 Å². The summed E-state index contributed by atoms with van der Waals surface area (Å²) in [6.45, 7) is 7.68. The normalized spacial score (nSPS) is 18.9. The van der Waals surface area contributed by atoms with Crippen LogP contribution in [0.1, 0.15) is 38.2 Å². The molecule has 1 aromatic carbocycles. The van der Waals surface area contributed by atoms with E-state index >= 15 is 0 Å². The highest BCUT2D eigenvalue weighted by Crippen LogP contribution is 2.39. The van der Waals surface area contributed by atoms with Crippen molar-refractivity contribution < 1.29 is 9.35 Å². The minimum atomic E-state index is -1.36. The van der Waals surface area contributed by atoms with Crippen LogP contribution in [0.3, 0.4) is 0 Å². The molecule has 0 spiro atoms. The van der Waals surface area contributed by atoms with Gasteiger partial charge >= 0.3 is 0 Å². The zero-order chi connectivity index (χ0) is 22.0. The van der Waals surface area contributed by atoms with Crippen molar-refractivity contribution in [3.05, 3.63) is 28.5 Å². The van der Waals surface area contributed by atoms with E-state index in [2.05, 4.69) is 46.5 Å². The Morgan fingerprint density at radius 2 is 1.84 bits per heavy atom. The van der Waals surface area contributed by atoms with Gasteiger partial charge < -0.3 is 25.0 Å². The number of piperazine rings is 1. The number of nitrogens with zero attached hydrogens (tertiary/aromatic N) is 2. The molecule has 6 nitrogen and oxygen atoms in total. The van der Waals surface area contributed by atoms with Gasteiger partial charge in [0.05, 0.1) is 11.4 Å². The largest absolute Gasteiger partial charge is 0.606 e. The molecule has 0 bridgehead atoms. The van der Waals surface area contributed by atoms with Crippen LogP contribution in [0.15, 0.2) is 32.7 Å². The second-order valence-electron chi connectivity index (χ2n) is 8.65. The Labute approximate surface area is 192 Å². The van der Waals surface area contributed by atoms with Crippen molar-refractivity contribution in [2.75, 3.05) is 48.8 Å². The van der Waals surface area contributed by atoms with Crippen molar-refractivity contribution in [1.82, 2.24) is 4.90 Å². The second-order valence-corrected chi connectivity index (χ2v) is 10.8. The van der Waals surface area contributed by atoms with Crippen LogP contribution in [-0.4, -0.2) is 54.6 Å². The smallest absolute Gasteiger partial charge is 0.221 e. The van der Waals surface area contributed by atoms with Gasteiger partial charge in [0.2, 0.25) is 5.91 Å². The first-order chi connectivity index (χ1) is 14.9. The highest BCUT2D eigenvalue weighted by molar-refractivity contribution is 7.91. The Kier molecular flexibility index (Phi) is 7.11. The maximum atomic E-state index is 13.5. The predicted octanol–water partition coefficient (Wildman–Crippen LogP) is 4.29. The Morgan fingerprint density at radius 3 is 2.52 bits per heavy atom. The molecule has 2 fully saturated rings. The molecule has 1 amide bonds. The van der Waals surface area contributed by atoms with E-state index < -0.39 is 11.2 Å². The summed E-state index contributed by atoms with van der Waals surface area (Å²) in [7, 11) is 2.17. The summed E-state index contributed by atoms with van der Waals surface area (Å²) in [5, 5.41) is 10.3. The van der Waals surface area contributed by atoms with E-state index in [1.165, 1.54) is 49.6 Å². The van der Waals surface area contributed by atoms with E-state index in [4.69, 9.17) is 0 Å². The Bertz CT molecular complexity index is 918. The molecule has 8 heteroatoms. The first-order valence-corrected chi connectivity index (χ1v) is 13.1. The molecular formula is C23H32N4O2S2. The number of amides is 1. The van der Waals surface area contributed by atoms with Crippen LogP contribution in [-0.2, 0) is 16.0 Å². The molecule has 0 radical (unpaired) electrons. The quantitative estimate of drug-likeness (QED) is 0.630. The highest BCUT2D eigenvalue weighted by atomic mass is 32.2. The van der Waals surface area contributed by atoms with Crippen LogP contribution >= 0.6 is 11.3 Å². The number of carbonyl (C=O) groups excluding carboxylic acids is 1. The van der Waals surface area contributed by atoms with Crippen LogP contribution in [0.2, 0.25) is 0 Å². The average molecular weight is 461 g/mol. The molecule has 2 heterocycles. The van der Waals surface area contributed by atoms with Crippen LogP contribution < -0.4 is 15.5 Å².